The van der Waals surface area contributed by atoms with E-state index >= 15 is 0 Å². The van der Waals surface area contributed by atoms with Crippen LogP contribution >= 0.6 is 0 Å². The Morgan fingerprint density at radius 1 is 1.21 bits per heavy atom. The van der Waals surface area contributed by atoms with Gasteiger partial charge in [-0.1, -0.05) is 36.4 Å². The Bertz CT molecular complexity index is 1170. The first-order valence-electron chi connectivity index (χ1n) is 10.9. The second-order valence-corrected chi connectivity index (χ2v) is 10.1. The highest BCUT2D eigenvalue weighted by atomic mass is 32.2. The van der Waals surface area contributed by atoms with Gasteiger partial charge in [0.15, 0.2) is 0 Å². The van der Waals surface area contributed by atoms with Crippen molar-refractivity contribution in [2.45, 2.75) is 38.4 Å². The summed E-state index contributed by atoms with van der Waals surface area (Å²) in [6.07, 6.45) is 0.635. The average molecular weight is 488 g/mol. The largest absolute Gasteiger partial charge is 0.507 e. The Kier molecular flexibility index (Phi) is 7.90. The smallest absolute Gasteiger partial charge is 0.243 e. The molecule has 2 aromatic rings. The van der Waals surface area contributed by atoms with Crippen molar-refractivity contribution in [2.75, 3.05) is 12.3 Å². The molecule has 0 radical (unpaired) electrons. The number of amidine groups is 1. The zero-order valence-electron chi connectivity index (χ0n) is 18.8. The number of nitrogens with two attached hydrogens (primary N) is 1. The number of phenols is 1. The summed E-state index contributed by atoms with van der Waals surface area (Å²) in [6, 6.07) is 11.9. The van der Waals surface area contributed by atoms with Crippen molar-refractivity contribution in [3.05, 3.63) is 65.2 Å². The molecule has 1 aliphatic heterocycles. The van der Waals surface area contributed by atoms with Crippen molar-refractivity contribution in [3.8, 4) is 5.75 Å². The van der Waals surface area contributed by atoms with E-state index in [1.165, 1.54) is 24.0 Å². The predicted octanol–water partition coefficient (Wildman–Crippen LogP) is 0.444. The van der Waals surface area contributed by atoms with Gasteiger partial charge in [-0.25, -0.2) is 13.1 Å². The Labute approximate surface area is 198 Å². The van der Waals surface area contributed by atoms with E-state index in [2.05, 4.69) is 10.0 Å². The van der Waals surface area contributed by atoms with E-state index < -0.39 is 28.0 Å². The van der Waals surface area contributed by atoms with E-state index in [0.29, 0.717) is 18.5 Å². The number of rotatable bonds is 10. The number of carbonyl (C=O) groups excluding carboxylic acids is 2. The molecule has 182 valence electrons. The molecule has 0 bridgehead atoms. The lowest BCUT2D eigenvalue weighted by Gasteiger charge is -2.41. The molecule has 0 saturated carbocycles. The van der Waals surface area contributed by atoms with E-state index in [1.54, 1.807) is 6.07 Å². The molecule has 2 unspecified atom stereocenters. The number of nitrogen functional groups attached to an aromatic ring is 1. The number of hydrogen-bond donors (Lipinski definition) is 5. The Morgan fingerprint density at radius 3 is 2.47 bits per heavy atom. The summed E-state index contributed by atoms with van der Waals surface area (Å²) in [6.45, 7) is 1.95. The molecule has 11 heteroatoms. The fraction of sp³-hybridized carbons (Fsp3) is 0.348. The van der Waals surface area contributed by atoms with Crippen molar-refractivity contribution in [1.29, 1.82) is 5.41 Å². The van der Waals surface area contributed by atoms with Crippen LogP contribution in [0.15, 0.2) is 48.5 Å². The van der Waals surface area contributed by atoms with E-state index in [-0.39, 0.29) is 41.8 Å². The predicted molar refractivity (Wildman–Crippen MR) is 128 cm³/mol. The van der Waals surface area contributed by atoms with Gasteiger partial charge in [0.1, 0.15) is 23.7 Å². The van der Waals surface area contributed by atoms with Crippen LogP contribution < -0.4 is 15.8 Å². The standard InChI is InChI=1S/C23H29N5O5S/c1-2-34(32,33)27-18(12-15-6-4-3-5-7-15)23(31)28-11-10-19(28)22(30)26-14-16-8-9-17(21(24)25)20(29)13-16/h3-9,13,18-19,27,29H,2,10-12,14H2,1H3,(H3,24,25)(H,26,30). The molecule has 6 N–H and O–H groups in total. The molecule has 0 aromatic heterocycles. The first-order chi connectivity index (χ1) is 16.1. The molecule has 34 heavy (non-hydrogen) atoms. The number of amides is 2. The van der Waals surface area contributed by atoms with Crippen molar-refractivity contribution in [1.82, 2.24) is 14.9 Å². The van der Waals surface area contributed by atoms with E-state index in [4.69, 9.17) is 11.1 Å². The van der Waals surface area contributed by atoms with Crippen molar-refractivity contribution in [3.63, 3.8) is 0 Å². The summed E-state index contributed by atoms with van der Waals surface area (Å²) in [4.78, 5) is 27.3. The minimum atomic E-state index is -3.64. The monoisotopic (exact) mass is 487 g/mol. The lowest BCUT2D eigenvalue weighted by atomic mass is 9.98. The van der Waals surface area contributed by atoms with Gasteiger partial charge in [-0.3, -0.25) is 15.0 Å². The number of nitrogens with one attached hydrogen (secondary N) is 3. The van der Waals surface area contributed by atoms with E-state index in [1.807, 2.05) is 30.3 Å². The van der Waals surface area contributed by atoms with Crippen molar-refractivity contribution in [2.24, 2.45) is 5.73 Å². The normalized spacial score (nSPS) is 16.4. The van der Waals surface area contributed by atoms with Gasteiger partial charge in [-0.2, -0.15) is 0 Å². The maximum atomic E-state index is 13.2. The number of sulfonamides is 1. The Morgan fingerprint density at radius 2 is 1.91 bits per heavy atom. The summed E-state index contributed by atoms with van der Waals surface area (Å²) in [5, 5.41) is 20.1. The Balaban J connectivity index is 1.66. The Hall–Kier alpha value is -3.44. The minimum Gasteiger partial charge on any atom is -0.507 e. The van der Waals surface area contributed by atoms with Crippen molar-refractivity contribution < 1.29 is 23.1 Å². The number of likely N-dealkylation sites (tertiary alicyclic amines) is 1. The molecule has 2 atom stereocenters. The van der Waals surface area contributed by atoms with Crippen LogP contribution in [0.1, 0.15) is 30.0 Å². The van der Waals surface area contributed by atoms with Gasteiger partial charge in [0.05, 0.1) is 11.3 Å². The number of benzene rings is 2. The fourth-order valence-corrected chi connectivity index (χ4v) is 4.46. The van der Waals surface area contributed by atoms with Crippen LogP contribution in [0.25, 0.3) is 0 Å². The van der Waals surface area contributed by atoms with Gasteiger partial charge in [0.25, 0.3) is 0 Å². The third-order valence-corrected chi connectivity index (χ3v) is 7.11. The zero-order chi connectivity index (χ0) is 24.9. The second kappa shape index (κ2) is 10.7. The average Bonchev–Trinajstić information content (AvgIpc) is 2.77. The molecular formula is C23H29N5O5S. The fourth-order valence-electron chi connectivity index (χ4n) is 3.68. The molecule has 1 aliphatic rings. The summed E-state index contributed by atoms with van der Waals surface area (Å²) >= 11 is 0. The molecule has 1 heterocycles. The summed E-state index contributed by atoms with van der Waals surface area (Å²) in [5.74, 6) is -1.40. The minimum absolute atomic E-state index is 0.110. The molecule has 0 spiro atoms. The van der Waals surface area contributed by atoms with Crippen LogP contribution in [0.5, 0.6) is 5.75 Å². The van der Waals surface area contributed by atoms with Gasteiger partial charge >= 0.3 is 0 Å². The van der Waals surface area contributed by atoms with E-state index in [0.717, 1.165) is 5.56 Å². The molecule has 1 fully saturated rings. The van der Waals surface area contributed by atoms with Gasteiger partial charge in [0, 0.05) is 13.1 Å². The van der Waals surface area contributed by atoms with Gasteiger partial charge < -0.3 is 21.1 Å². The van der Waals surface area contributed by atoms with E-state index in [9.17, 15) is 23.1 Å². The number of aromatic hydroxyl groups is 1. The summed E-state index contributed by atoms with van der Waals surface area (Å²) in [7, 11) is -3.64. The number of hydrogen-bond acceptors (Lipinski definition) is 6. The van der Waals surface area contributed by atoms with Gasteiger partial charge in [-0.15, -0.1) is 0 Å². The van der Waals surface area contributed by atoms with Crippen molar-refractivity contribution >= 4 is 27.7 Å². The van der Waals surface area contributed by atoms with Crippen LogP contribution in [0, 0.1) is 5.41 Å². The number of carbonyl (C=O) groups is 2. The lowest BCUT2D eigenvalue weighted by Crippen LogP contribution is -2.62. The van der Waals surface area contributed by atoms with Gasteiger partial charge in [-0.05, 0) is 43.0 Å². The summed E-state index contributed by atoms with van der Waals surface area (Å²) < 4.78 is 26.9. The highest BCUT2D eigenvalue weighted by Gasteiger charge is 2.41. The molecule has 3 rings (SSSR count). The third kappa shape index (κ3) is 6.12. The van der Waals surface area contributed by atoms with Crippen LogP contribution in [0.3, 0.4) is 0 Å². The SMILES string of the molecule is CCS(=O)(=O)NC(Cc1ccccc1)C(=O)N1CCC1C(=O)NCc1ccc(C(=N)N)c(O)c1. The zero-order valence-corrected chi connectivity index (χ0v) is 19.6. The number of nitrogens with zero attached hydrogens (tertiary/aromatic N) is 1. The first kappa shape index (κ1) is 25.2. The van der Waals surface area contributed by atoms with Gasteiger partial charge in [0.2, 0.25) is 21.8 Å². The highest BCUT2D eigenvalue weighted by molar-refractivity contribution is 7.89. The molecule has 0 aliphatic carbocycles. The van der Waals surface area contributed by atoms with Crippen LogP contribution in [-0.4, -0.2) is 60.5 Å². The molecule has 10 nitrogen and oxygen atoms in total. The lowest BCUT2D eigenvalue weighted by molar-refractivity contribution is -0.148. The van der Waals surface area contributed by atoms with Crippen LogP contribution in [0.4, 0.5) is 0 Å². The molecule has 2 aromatic carbocycles. The van der Waals surface area contributed by atoms with Crippen LogP contribution in [0.2, 0.25) is 0 Å². The van der Waals surface area contributed by atoms with Crippen LogP contribution in [-0.2, 0) is 32.6 Å². The highest BCUT2D eigenvalue weighted by Crippen LogP contribution is 2.22. The topological polar surface area (TPSA) is 166 Å². The summed E-state index contributed by atoms with van der Waals surface area (Å²) in [5.41, 5.74) is 6.99. The maximum absolute atomic E-state index is 13.2. The molecule has 2 amide bonds. The first-order valence-corrected chi connectivity index (χ1v) is 12.5. The maximum Gasteiger partial charge on any atom is 0.243 e. The second-order valence-electron chi connectivity index (χ2n) is 8.08. The molecule has 1 saturated heterocycles. The third-order valence-electron chi connectivity index (χ3n) is 5.71. The molecular weight excluding hydrogens is 458 g/mol. The quantitative estimate of drug-likeness (QED) is 0.241. The number of phenolic OH excluding ortho intramolecular Hbond substituents is 1.